The third-order valence-electron chi connectivity index (χ3n) is 5.61. The average Bonchev–Trinajstić information content (AvgIpc) is 2.65. The second-order valence-corrected chi connectivity index (χ2v) is 7.71. The van der Waals surface area contributed by atoms with Crippen molar-refractivity contribution in [3.63, 3.8) is 0 Å². The number of aliphatic hydroxyl groups excluding tert-OH is 1. The number of pyridine rings is 1. The van der Waals surface area contributed by atoms with E-state index in [9.17, 15) is 14.7 Å². The smallest absolute Gasteiger partial charge is 0.251 e. The zero-order chi connectivity index (χ0) is 18.6. The van der Waals surface area contributed by atoms with Crippen LogP contribution in [0.2, 0.25) is 0 Å². The molecule has 0 bridgehead atoms. The number of aryl methyl sites for hydroxylation is 2. The summed E-state index contributed by atoms with van der Waals surface area (Å²) in [5, 5.41) is 13.7. The SMILES string of the molecule is Cc1ccc2cc(CCC(=O)NCC3(CO)CCCCC3)c(=O)[nH]c2c1. The molecule has 5 heteroatoms. The summed E-state index contributed by atoms with van der Waals surface area (Å²) in [6, 6.07) is 7.82. The fourth-order valence-corrected chi connectivity index (χ4v) is 3.86. The molecule has 1 heterocycles. The molecule has 1 aromatic carbocycles. The van der Waals surface area contributed by atoms with Gasteiger partial charge in [-0.25, -0.2) is 0 Å². The lowest BCUT2D eigenvalue weighted by atomic mass is 9.74. The Labute approximate surface area is 153 Å². The van der Waals surface area contributed by atoms with E-state index < -0.39 is 0 Å². The number of carbonyl (C=O) groups is 1. The largest absolute Gasteiger partial charge is 0.396 e. The van der Waals surface area contributed by atoms with Gasteiger partial charge in [-0.15, -0.1) is 0 Å². The Kier molecular flexibility index (Phi) is 5.77. The summed E-state index contributed by atoms with van der Waals surface area (Å²) in [5.74, 6) is -0.0631. The predicted octanol–water partition coefficient (Wildman–Crippen LogP) is 2.83. The quantitative estimate of drug-likeness (QED) is 0.744. The van der Waals surface area contributed by atoms with Crippen LogP contribution < -0.4 is 10.9 Å². The van der Waals surface area contributed by atoms with Gasteiger partial charge in [-0.2, -0.15) is 0 Å². The van der Waals surface area contributed by atoms with E-state index in [1.54, 1.807) is 0 Å². The lowest BCUT2D eigenvalue weighted by Crippen LogP contribution is -2.41. The first-order valence-electron chi connectivity index (χ1n) is 9.51. The van der Waals surface area contributed by atoms with Crippen molar-refractivity contribution in [3.8, 4) is 0 Å². The van der Waals surface area contributed by atoms with Crippen LogP contribution in [0.25, 0.3) is 10.9 Å². The number of nitrogens with one attached hydrogen (secondary N) is 2. The molecular formula is C21H28N2O3. The fraction of sp³-hybridized carbons (Fsp3) is 0.524. The van der Waals surface area contributed by atoms with E-state index in [-0.39, 0.29) is 29.9 Å². The molecule has 5 nitrogen and oxygen atoms in total. The Morgan fingerprint density at radius 2 is 2.00 bits per heavy atom. The van der Waals surface area contributed by atoms with Crippen molar-refractivity contribution >= 4 is 16.8 Å². The number of rotatable bonds is 6. The summed E-state index contributed by atoms with van der Waals surface area (Å²) in [5.41, 5.74) is 2.26. The first kappa shape index (κ1) is 18.6. The summed E-state index contributed by atoms with van der Waals surface area (Å²) >= 11 is 0. The first-order chi connectivity index (χ1) is 12.5. The molecule has 0 radical (unpaired) electrons. The highest BCUT2D eigenvalue weighted by Crippen LogP contribution is 2.35. The highest BCUT2D eigenvalue weighted by atomic mass is 16.3. The van der Waals surface area contributed by atoms with Crippen LogP contribution in [0.15, 0.2) is 29.1 Å². The van der Waals surface area contributed by atoms with Crippen LogP contribution in [0.3, 0.4) is 0 Å². The maximum Gasteiger partial charge on any atom is 0.251 e. The normalized spacial score (nSPS) is 16.5. The fourth-order valence-electron chi connectivity index (χ4n) is 3.86. The number of aromatic nitrogens is 1. The van der Waals surface area contributed by atoms with E-state index in [1.165, 1.54) is 6.42 Å². The van der Waals surface area contributed by atoms with Crippen LogP contribution in [0, 0.1) is 12.3 Å². The maximum atomic E-state index is 12.2. The van der Waals surface area contributed by atoms with E-state index >= 15 is 0 Å². The zero-order valence-corrected chi connectivity index (χ0v) is 15.4. The second kappa shape index (κ2) is 8.04. The van der Waals surface area contributed by atoms with Gasteiger partial charge in [-0.1, -0.05) is 31.4 Å². The third-order valence-corrected chi connectivity index (χ3v) is 5.61. The molecule has 0 aliphatic heterocycles. The molecule has 1 aromatic heterocycles. The molecular weight excluding hydrogens is 328 g/mol. The van der Waals surface area contributed by atoms with Crippen molar-refractivity contribution in [2.45, 2.75) is 51.9 Å². The van der Waals surface area contributed by atoms with Gasteiger partial charge in [0.2, 0.25) is 5.91 Å². The molecule has 2 aromatic rings. The van der Waals surface area contributed by atoms with Crippen LogP contribution in [0.5, 0.6) is 0 Å². The van der Waals surface area contributed by atoms with Gasteiger partial charge in [0.05, 0.1) is 6.61 Å². The number of hydrogen-bond acceptors (Lipinski definition) is 3. The zero-order valence-electron chi connectivity index (χ0n) is 15.4. The van der Waals surface area contributed by atoms with Gasteiger partial charge < -0.3 is 15.4 Å². The Balaban J connectivity index is 1.59. The van der Waals surface area contributed by atoms with Crippen LogP contribution in [-0.4, -0.2) is 29.1 Å². The van der Waals surface area contributed by atoms with Gasteiger partial charge >= 0.3 is 0 Å². The highest BCUT2D eigenvalue weighted by Gasteiger charge is 2.31. The maximum absolute atomic E-state index is 12.2. The lowest BCUT2D eigenvalue weighted by Gasteiger charge is -2.35. The molecule has 140 valence electrons. The summed E-state index contributed by atoms with van der Waals surface area (Å²) in [6.45, 7) is 2.63. The number of H-pyrrole nitrogens is 1. The Morgan fingerprint density at radius 1 is 1.23 bits per heavy atom. The van der Waals surface area contributed by atoms with Crippen LogP contribution in [0.4, 0.5) is 0 Å². The minimum atomic E-state index is -0.161. The molecule has 0 atom stereocenters. The molecule has 26 heavy (non-hydrogen) atoms. The number of aliphatic hydroxyl groups is 1. The standard InChI is InChI=1S/C21H28N2O3/c1-15-5-6-16-12-17(20(26)23-18(16)11-15)7-8-19(25)22-13-21(14-24)9-3-2-4-10-21/h5-6,11-12,24H,2-4,7-10,13-14H2,1H3,(H,22,25)(H,23,26). The van der Waals surface area contributed by atoms with Crippen molar-refractivity contribution in [1.29, 1.82) is 0 Å². The van der Waals surface area contributed by atoms with Gasteiger partial charge in [0, 0.05) is 29.5 Å². The van der Waals surface area contributed by atoms with Gasteiger partial charge in [0.1, 0.15) is 0 Å². The van der Waals surface area contributed by atoms with Crippen molar-refractivity contribution in [3.05, 3.63) is 45.7 Å². The molecule has 3 rings (SSSR count). The van der Waals surface area contributed by atoms with E-state index in [0.29, 0.717) is 18.5 Å². The molecule has 3 N–H and O–H groups in total. The van der Waals surface area contributed by atoms with Crippen LogP contribution in [0.1, 0.15) is 49.7 Å². The Bertz CT molecular complexity index is 835. The number of carbonyl (C=O) groups excluding carboxylic acids is 1. The molecule has 0 spiro atoms. The minimum absolute atomic E-state index is 0.0631. The van der Waals surface area contributed by atoms with Crippen molar-refractivity contribution in [2.24, 2.45) is 5.41 Å². The number of fused-ring (bicyclic) bond motifs is 1. The second-order valence-electron chi connectivity index (χ2n) is 7.71. The van der Waals surface area contributed by atoms with Crippen molar-refractivity contribution in [1.82, 2.24) is 10.3 Å². The minimum Gasteiger partial charge on any atom is -0.396 e. The highest BCUT2D eigenvalue weighted by molar-refractivity contribution is 5.80. The van der Waals surface area contributed by atoms with Crippen LogP contribution >= 0.6 is 0 Å². The van der Waals surface area contributed by atoms with E-state index in [2.05, 4.69) is 10.3 Å². The summed E-state index contributed by atoms with van der Waals surface area (Å²) in [6.07, 6.45) is 6.06. The summed E-state index contributed by atoms with van der Waals surface area (Å²) in [4.78, 5) is 27.4. The van der Waals surface area contributed by atoms with E-state index in [1.807, 2.05) is 31.2 Å². The number of amides is 1. The molecule has 1 aliphatic rings. The average molecular weight is 356 g/mol. The summed E-state index contributed by atoms with van der Waals surface area (Å²) in [7, 11) is 0. The van der Waals surface area contributed by atoms with E-state index in [0.717, 1.165) is 42.1 Å². The summed E-state index contributed by atoms with van der Waals surface area (Å²) < 4.78 is 0. The molecule has 1 aliphatic carbocycles. The first-order valence-corrected chi connectivity index (χ1v) is 9.51. The molecule has 0 unspecified atom stereocenters. The van der Waals surface area contributed by atoms with Gasteiger partial charge in [0.25, 0.3) is 5.56 Å². The number of aromatic amines is 1. The van der Waals surface area contributed by atoms with E-state index in [4.69, 9.17) is 0 Å². The lowest BCUT2D eigenvalue weighted by molar-refractivity contribution is -0.121. The molecule has 1 saturated carbocycles. The molecule has 1 amide bonds. The monoisotopic (exact) mass is 356 g/mol. The van der Waals surface area contributed by atoms with Crippen molar-refractivity contribution in [2.75, 3.05) is 13.2 Å². The van der Waals surface area contributed by atoms with Crippen molar-refractivity contribution < 1.29 is 9.90 Å². The van der Waals surface area contributed by atoms with Crippen LogP contribution in [-0.2, 0) is 11.2 Å². The molecule has 1 fully saturated rings. The molecule has 0 saturated heterocycles. The van der Waals surface area contributed by atoms with Gasteiger partial charge in [-0.3, -0.25) is 9.59 Å². The topological polar surface area (TPSA) is 82.2 Å². The predicted molar refractivity (Wildman–Crippen MR) is 103 cm³/mol. The number of hydrogen-bond donors (Lipinski definition) is 3. The Hall–Kier alpha value is -2.14. The van der Waals surface area contributed by atoms with Gasteiger partial charge in [0.15, 0.2) is 0 Å². The third kappa shape index (κ3) is 4.33. The van der Waals surface area contributed by atoms with Gasteiger partial charge in [-0.05, 0) is 49.3 Å². The number of benzene rings is 1. The Morgan fingerprint density at radius 3 is 2.73 bits per heavy atom.